The predicted molar refractivity (Wildman–Crippen MR) is 56.1 cm³/mol. The lowest BCUT2D eigenvalue weighted by atomic mass is 10.2. The molecular weight excluding hydrogens is 198 g/mol. The topological polar surface area (TPSA) is 54.0 Å². The van der Waals surface area contributed by atoms with Gasteiger partial charge in [-0.05, 0) is 36.0 Å². The number of hydrogen-bond acceptors (Lipinski definition) is 3. The Bertz CT molecular complexity index is 413. The van der Waals surface area contributed by atoms with Crippen molar-refractivity contribution in [2.24, 2.45) is 0 Å². The molecule has 2 rings (SSSR count). The average Bonchev–Trinajstić information content (AvgIpc) is 2.47. The minimum Gasteiger partial charge on any atom is -0.328 e. The molecule has 0 aliphatic carbocycles. The molecule has 0 bridgehead atoms. The predicted octanol–water partition coefficient (Wildman–Crippen LogP) is 0.427. The Morgan fingerprint density at radius 2 is 2.00 bits per heavy atom. The molecule has 5 heteroatoms. The third-order valence-corrected chi connectivity index (χ3v) is 1.94. The number of rotatable bonds is 1. The van der Waals surface area contributed by atoms with E-state index in [1.54, 1.807) is 18.5 Å². The van der Waals surface area contributed by atoms with E-state index in [0.29, 0.717) is 10.8 Å². The highest BCUT2D eigenvalue weighted by Crippen LogP contribution is 2.06. The summed E-state index contributed by atoms with van der Waals surface area (Å²) in [4.78, 5) is 15.1. The molecule has 1 aromatic rings. The van der Waals surface area contributed by atoms with E-state index < -0.39 is 0 Å². The summed E-state index contributed by atoms with van der Waals surface area (Å²) < 4.78 is 0. The van der Waals surface area contributed by atoms with Gasteiger partial charge in [-0.3, -0.25) is 15.1 Å². The number of nitrogens with zero attached hydrogens (tertiary/aromatic N) is 1. The lowest BCUT2D eigenvalue weighted by molar-refractivity contribution is -0.115. The minimum atomic E-state index is -0.202. The van der Waals surface area contributed by atoms with Crippen molar-refractivity contribution in [2.45, 2.75) is 0 Å². The Morgan fingerprint density at radius 1 is 1.29 bits per heavy atom. The van der Waals surface area contributed by atoms with E-state index in [9.17, 15) is 4.79 Å². The van der Waals surface area contributed by atoms with Crippen molar-refractivity contribution in [1.82, 2.24) is 15.6 Å². The molecule has 2 N–H and O–H groups in total. The van der Waals surface area contributed by atoms with Crippen molar-refractivity contribution in [3.05, 3.63) is 35.8 Å². The van der Waals surface area contributed by atoms with Gasteiger partial charge in [0.15, 0.2) is 5.11 Å². The van der Waals surface area contributed by atoms with Gasteiger partial charge in [0.05, 0.1) is 0 Å². The lowest BCUT2D eigenvalue weighted by Crippen LogP contribution is -2.21. The Balaban J connectivity index is 2.28. The molecule has 0 radical (unpaired) electrons. The molecule has 1 saturated heterocycles. The van der Waals surface area contributed by atoms with E-state index in [1.807, 2.05) is 12.1 Å². The Hall–Kier alpha value is -1.75. The number of nitrogens with one attached hydrogen (secondary N) is 2. The summed E-state index contributed by atoms with van der Waals surface area (Å²) in [5.41, 5.74) is 1.36. The van der Waals surface area contributed by atoms with Crippen LogP contribution in [0.25, 0.3) is 6.08 Å². The number of hydrogen-bond donors (Lipinski definition) is 2. The molecule has 0 unspecified atom stereocenters. The van der Waals surface area contributed by atoms with Crippen LogP contribution in [0.4, 0.5) is 0 Å². The van der Waals surface area contributed by atoms with Crippen LogP contribution in [-0.4, -0.2) is 16.0 Å². The minimum absolute atomic E-state index is 0.202. The van der Waals surface area contributed by atoms with E-state index in [-0.39, 0.29) is 5.91 Å². The van der Waals surface area contributed by atoms with Gasteiger partial charge in [0, 0.05) is 12.4 Å². The van der Waals surface area contributed by atoms with Gasteiger partial charge in [0.25, 0.3) is 5.91 Å². The zero-order valence-electron chi connectivity index (χ0n) is 7.15. The van der Waals surface area contributed by atoms with Crippen LogP contribution in [0.5, 0.6) is 0 Å². The maximum Gasteiger partial charge on any atom is 0.273 e. The molecule has 70 valence electrons. The third kappa shape index (κ3) is 1.77. The summed E-state index contributed by atoms with van der Waals surface area (Å²) in [6, 6.07) is 3.62. The maximum atomic E-state index is 11.2. The average molecular weight is 205 g/mol. The van der Waals surface area contributed by atoms with Gasteiger partial charge in [-0.25, -0.2) is 0 Å². The second-order valence-corrected chi connectivity index (χ2v) is 3.16. The summed E-state index contributed by atoms with van der Waals surface area (Å²) in [6.45, 7) is 0. The molecule has 2 heterocycles. The molecule has 0 spiro atoms. The zero-order valence-corrected chi connectivity index (χ0v) is 7.97. The maximum absolute atomic E-state index is 11.2. The summed E-state index contributed by atoms with van der Waals surface area (Å²) >= 11 is 4.79. The van der Waals surface area contributed by atoms with E-state index in [0.717, 1.165) is 5.56 Å². The van der Waals surface area contributed by atoms with Crippen molar-refractivity contribution >= 4 is 29.3 Å². The number of aromatic nitrogens is 1. The van der Waals surface area contributed by atoms with Crippen molar-refractivity contribution < 1.29 is 4.79 Å². The fraction of sp³-hybridized carbons (Fsp3) is 0. The molecule has 0 atom stereocenters. The van der Waals surface area contributed by atoms with Crippen molar-refractivity contribution in [3.8, 4) is 0 Å². The molecule has 0 aromatic carbocycles. The van der Waals surface area contributed by atoms with Crippen molar-refractivity contribution in [1.29, 1.82) is 0 Å². The number of amides is 1. The van der Waals surface area contributed by atoms with Gasteiger partial charge in [-0.1, -0.05) is 0 Å². The molecule has 0 saturated carbocycles. The van der Waals surface area contributed by atoms with Gasteiger partial charge in [0.1, 0.15) is 5.70 Å². The summed E-state index contributed by atoms with van der Waals surface area (Å²) in [6.07, 6.45) is 5.05. The number of pyridine rings is 1. The van der Waals surface area contributed by atoms with E-state index in [1.165, 1.54) is 0 Å². The highest BCUT2D eigenvalue weighted by Gasteiger charge is 2.19. The van der Waals surface area contributed by atoms with Gasteiger partial charge in [-0.15, -0.1) is 0 Å². The van der Waals surface area contributed by atoms with E-state index >= 15 is 0 Å². The molecule has 4 nitrogen and oxygen atoms in total. The van der Waals surface area contributed by atoms with Crippen LogP contribution in [0, 0.1) is 0 Å². The molecular formula is C9H7N3OS. The van der Waals surface area contributed by atoms with E-state index in [4.69, 9.17) is 12.2 Å². The first-order valence-corrected chi connectivity index (χ1v) is 4.40. The highest BCUT2D eigenvalue weighted by molar-refractivity contribution is 7.80. The largest absolute Gasteiger partial charge is 0.328 e. The van der Waals surface area contributed by atoms with E-state index in [2.05, 4.69) is 15.6 Å². The van der Waals surface area contributed by atoms with Crippen LogP contribution >= 0.6 is 12.2 Å². The van der Waals surface area contributed by atoms with Crippen LogP contribution in [-0.2, 0) is 4.79 Å². The molecule has 1 aromatic heterocycles. The summed E-state index contributed by atoms with van der Waals surface area (Å²) in [5, 5.41) is 5.59. The fourth-order valence-corrected chi connectivity index (χ4v) is 1.31. The SMILES string of the molecule is O=C1NC(=S)N/C1=C\c1ccncc1. The lowest BCUT2D eigenvalue weighted by Gasteiger charge is -1.94. The fourth-order valence-electron chi connectivity index (χ4n) is 1.11. The molecule has 1 amide bonds. The third-order valence-electron chi connectivity index (χ3n) is 1.74. The number of carbonyl (C=O) groups excluding carboxylic acids is 1. The molecule has 1 aliphatic heterocycles. The highest BCUT2D eigenvalue weighted by atomic mass is 32.1. The zero-order chi connectivity index (χ0) is 9.97. The van der Waals surface area contributed by atoms with Crippen molar-refractivity contribution in [2.75, 3.05) is 0 Å². The normalized spacial score (nSPS) is 18.1. The summed E-state index contributed by atoms with van der Waals surface area (Å²) in [5.74, 6) is -0.202. The van der Waals surface area contributed by atoms with Gasteiger partial charge < -0.3 is 5.32 Å². The number of thiocarbonyl (C=S) groups is 1. The van der Waals surface area contributed by atoms with Crippen LogP contribution < -0.4 is 10.6 Å². The van der Waals surface area contributed by atoms with Crippen LogP contribution in [0.3, 0.4) is 0 Å². The van der Waals surface area contributed by atoms with Crippen LogP contribution in [0.15, 0.2) is 30.2 Å². The second kappa shape index (κ2) is 3.55. The number of carbonyl (C=O) groups is 1. The molecule has 1 aliphatic rings. The van der Waals surface area contributed by atoms with Gasteiger partial charge >= 0.3 is 0 Å². The second-order valence-electron chi connectivity index (χ2n) is 2.75. The molecule has 14 heavy (non-hydrogen) atoms. The Labute approximate surface area is 86.0 Å². The molecule has 1 fully saturated rings. The quantitative estimate of drug-likeness (QED) is 0.515. The first-order chi connectivity index (χ1) is 6.75. The first kappa shape index (κ1) is 8.83. The van der Waals surface area contributed by atoms with Gasteiger partial charge in [0.2, 0.25) is 0 Å². The van der Waals surface area contributed by atoms with Crippen LogP contribution in [0.1, 0.15) is 5.56 Å². The Kier molecular flexibility index (Phi) is 2.24. The standard InChI is InChI=1S/C9H7N3OS/c13-8-7(11-9(14)12-8)5-6-1-3-10-4-2-6/h1-5H,(H2,11,12,13,14)/b7-5-. The Morgan fingerprint density at radius 3 is 2.57 bits per heavy atom. The van der Waals surface area contributed by atoms with Crippen molar-refractivity contribution in [3.63, 3.8) is 0 Å². The first-order valence-electron chi connectivity index (χ1n) is 4.00. The summed E-state index contributed by atoms with van der Waals surface area (Å²) in [7, 11) is 0. The van der Waals surface area contributed by atoms with Gasteiger partial charge in [-0.2, -0.15) is 0 Å². The monoisotopic (exact) mass is 205 g/mol. The smallest absolute Gasteiger partial charge is 0.273 e. The van der Waals surface area contributed by atoms with Crippen LogP contribution in [0.2, 0.25) is 0 Å².